The third-order valence-electron chi connectivity index (χ3n) is 5.21. The molecule has 0 bridgehead atoms. The van der Waals surface area contributed by atoms with Crippen LogP contribution in [0.4, 0.5) is 15.8 Å². The van der Waals surface area contributed by atoms with Crippen molar-refractivity contribution >= 4 is 28.8 Å². The molecule has 0 radical (unpaired) electrons. The third kappa shape index (κ3) is 3.39. The van der Waals surface area contributed by atoms with Crippen LogP contribution >= 0.6 is 0 Å². The number of rotatable bonds is 4. The van der Waals surface area contributed by atoms with Crippen LogP contribution in [0.2, 0.25) is 0 Å². The summed E-state index contributed by atoms with van der Waals surface area (Å²) in [7, 11) is 0. The summed E-state index contributed by atoms with van der Waals surface area (Å²) in [4.78, 5) is 28.0. The number of nitrogens with one attached hydrogen (secondary N) is 1. The lowest BCUT2D eigenvalue weighted by Gasteiger charge is -2.18. The molecule has 150 valence electrons. The van der Waals surface area contributed by atoms with Crippen molar-refractivity contribution in [3.8, 4) is 0 Å². The van der Waals surface area contributed by atoms with Crippen molar-refractivity contribution in [1.82, 2.24) is 0 Å². The highest BCUT2D eigenvalue weighted by Gasteiger charge is 2.40. The zero-order chi connectivity index (χ0) is 21.4. The molecule has 4 rings (SSSR count). The molecule has 1 heterocycles. The maximum atomic E-state index is 13.5. The summed E-state index contributed by atoms with van der Waals surface area (Å²) in [5.41, 5.74) is 5.03. The number of hydrogen-bond donors (Lipinski definition) is 1. The Bertz CT molecular complexity index is 1200. The first-order chi connectivity index (χ1) is 14.4. The van der Waals surface area contributed by atoms with Crippen molar-refractivity contribution in [2.75, 3.05) is 10.2 Å². The Hall–Kier alpha value is -3.73. The Morgan fingerprint density at radius 2 is 1.50 bits per heavy atom. The Labute approximate surface area is 174 Å². The highest BCUT2D eigenvalue weighted by atomic mass is 19.1. The van der Waals surface area contributed by atoms with Gasteiger partial charge in [-0.15, -0.1) is 0 Å². The summed E-state index contributed by atoms with van der Waals surface area (Å²) in [6, 6.07) is 18.7. The van der Waals surface area contributed by atoms with E-state index in [1.807, 2.05) is 51.1 Å². The minimum atomic E-state index is -0.437. The minimum absolute atomic E-state index is 0.182. The second-order valence-corrected chi connectivity index (χ2v) is 7.43. The van der Waals surface area contributed by atoms with Gasteiger partial charge in [0.15, 0.2) is 0 Å². The van der Waals surface area contributed by atoms with Crippen LogP contribution in [0.1, 0.15) is 22.3 Å². The lowest BCUT2D eigenvalue weighted by molar-refractivity contribution is -0.120. The topological polar surface area (TPSA) is 49.4 Å². The average molecular weight is 400 g/mol. The molecule has 0 atom stereocenters. The van der Waals surface area contributed by atoms with Gasteiger partial charge in [-0.1, -0.05) is 48.0 Å². The van der Waals surface area contributed by atoms with Crippen LogP contribution in [0, 0.1) is 26.6 Å². The van der Waals surface area contributed by atoms with Gasteiger partial charge < -0.3 is 5.32 Å². The molecule has 1 N–H and O–H groups in total. The Morgan fingerprint density at radius 1 is 0.800 bits per heavy atom. The largest absolute Gasteiger partial charge is 0.350 e. The number of para-hydroxylation sites is 1. The number of nitrogens with zero attached hydrogens (tertiary/aromatic N) is 1. The first kappa shape index (κ1) is 19.6. The van der Waals surface area contributed by atoms with Crippen LogP contribution in [-0.4, -0.2) is 11.8 Å². The van der Waals surface area contributed by atoms with Gasteiger partial charge in [-0.05, 0) is 61.7 Å². The van der Waals surface area contributed by atoms with E-state index in [2.05, 4.69) is 5.32 Å². The molecule has 0 saturated carbocycles. The van der Waals surface area contributed by atoms with Crippen molar-refractivity contribution in [1.29, 1.82) is 0 Å². The van der Waals surface area contributed by atoms with Gasteiger partial charge in [0.1, 0.15) is 11.5 Å². The van der Waals surface area contributed by atoms with E-state index in [0.29, 0.717) is 11.3 Å². The van der Waals surface area contributed by atoms with E-state index in [4.69, 9.17) is 0 Å². The fourth-order valence-corrected chi connectivity index (χ4v) is 3.65. The number of imide groups is 1. The van der Waals surface area contributed by atoms with Gasteiger partial charge in [0.05, 0.1) is 11.3 Å². The lowest BCUT2D eigenvalue weighted by Crippen LogP contribution is -2.33. The molecule has 5 heteroatoms. The van der Waals surface area contributed by atoms with Gasteiger partial charge in [0.2, 0.25) is 0 Å². The number of carbonyl (C=O) groups is 2. The number of halogens is 1. The van der Waals surface area contributed by atoms with Crippen LogP contribution < -0.4 is 10.2 Å². The van der Waals surface area contributed by atoms with Gasteiger partial charge in [-0.2, -0.15) is 0 Å². The van der Waals surface area contributed by atoms with Crippen molar-refractivity contribution in [3.05, 3.63) is 100 Å². The van der Waals surface area contributed by atoms with Crippen molar-refractivity contribution in [3.63, 3.8) is 0 Å². The second kappa shape index (κ2) is 7.59. The first-order valence-corrected chi connectivity index (χ1v) is 9.65. The Kier molecular flexibility index (Phi) is 4.96. The van der Waals surface area contributed by atoms with Gasteiger partial charge in [-0.25, -0.2) is 9.29 Å². The standard InChI is InChI=1S/C25H21FN2O2/c1-15-8-13-20(17(3)14-15)27-23-22(18-9-11-19(26)12-10-18)24(29)28(25(23)30)21-7-5-4-6-16(21)2/h4-14,27H,1-3H3. The molecule has 0 unspecified atom stereocenters. The van der Waals surface area contributed by atoms with E-state index >= 15 is 0 Å². The molecule has 2 amide bonds. The molecule has 0 fully saturated rings. The van der Waals surface area contributed by atoms with Crippen LogP contribution in [-0.2, 0) is 9.59 Å². The van der Waals surface area contributed by atoms with E-state index < -0.39 is 17.6 Å². The van der Waals surface area contributed by atoms with Gasteiger partial charge in [-0.3, -0.25) is 9.59 Å². The summed E-state index contributed by atoms with van der Waals surface area (Å²) >= 11 is 0. The van der Waals surface area contributed by atoms with Crippen molar-refractivity contribution < 1.29 is 14.0 Å². The molecule has 0 saturated heterocycles. The maximum absolute atomic E-state index is 13.5. The molecular weight excluding hydrogens is 379 g/mol. The van der Waals surface area contributed by atoms with E-state index in [9.17, 15) is 14.0 Å². The number of aryl methyl sites for hydroxylation is 3. The molecule has 30 heavy (non-hydrogen) atoms. The maximum Gasteiger partial charge on any atom is 0.282 e. The normalized spacial score (nSPS) is 13.9. The SMILES string of the molecule is Cc1ccc(NC2=C(c3ccc(F)cc3)C(=O)N(c3ccccc3C)C2=O)c(C)c1. The quantitative estimate of drug-likeness (QED) is 0.617. The zero-order valence-electron chi connectivity index (χ0n) is 17.0. The molecule has 0 aromatic heterocycles. The average Bonchev–Trinajstić information content (AvgIpc) is 2.95. The van der Waals surface area contributed by atoms with E-state index in [-0.39, 0.29) is 11.3 Å². The van der Waals surface area contributed by atoms with E-state index in [1.54, 1.807) is 12.1 Å². The van der Waals surface area contributed by atoms with Gasteiger partial charge in [0, 0.05) is 5.69 Å². The van der Waals surface area contributed by atoms with Crippen LogP contribution in [0.15, 0.2) is 72.4 Å². The number of carbonyl (C=O) groups excluding carboxylic acids is 2. The third-order valence-corrected chi connectivity index (χ3v) is 5.21. The predicted octanol–water partition coefficient (Wildman–Crippen LogP) is 5.15. The molecule has 3 aromatic carbocycles. The molecular formula is C25H21FN2O2. The predicted molar refractivity (Wildman–Crippen MR) is 117 cm³/mol. The minimum Gasteiger partial charge on any atom is -0.350 e. The molecule has 0 spiro atoms. The second-order valence-electron chi connectivity index (χ2n) is 7.43. The number of benzene rings is 3. The summed E-state index contributed by atoms with van der Waals surface area (Å²) in [5, 5.41) is 3.17. The zero-order valence-corrected chi connectivity index (χ0v) is 17.0. The van der Waals surface area contributed by atoms with Crippen molar-refractivity contribution in [2.24, 2.45) is 0 Å². The smallest absolute Gasteiger partial charge is 0.282 e. The van der Waals surface area contributed by atoms with Gasteiger partial charge in [0.25, 0.3) is 11.8 Å². The summed E-state index contributed by atoms with van der Waals surface area (Å²) < 4.78 is 13.5. The van der Waals surface area contributed by atoms with Crippen LogP contribution in [0.3, 0.4) is 0 Å². The molecule has 1 aliphatic rings. The number of hydrogen-bond acceptors (Lipinski definition) is 3. The first-order valence-electron chi connectivity index (χ1n) is 9.65. The molecule has 4 nitrogen and oxygen atoms in total. The highest BCUT2D eigenvalue weighted by Crippen LogP contribution is 2.35. The highest BCUT2D eigenvalue weighted by molar-refractivity contribution is 6.46. The van der Waals surface area contributed by atoms with Crippen LogP contribution in [0.5, 0.6) is 0 Å². The Morgan fingerprint density at radius 3 is 2.17 bits per heavy atom. The molecule has 3 aromatic rings. The fourth-order valence-electron chi connectivity index (χ4n) is 3.65. The monoisotopic (exact) mass is 400 g/mol. The summed E-state index contributed by atoms with van der Waals surface area (Å²) in [6.07, 6.45) is 0. The summed E-state index contributed by atoms with van der Waals surface area (Å²) in [6.45, 7) is 5.78. The van der Waals surface area contributed by atoms with Gasteiger partial charge >= 0.3 is 0 Å². The molecule has 1 aliphatic heterocycles. The fraction of sp³-hybridized carbons (Fsp3) is 0.120. The van der Waals surface area contributed by atoms with Crippen LogP contribution in [0.25, 0.3) is 5.57 Å². The van der Waals surface area contributed by atoms with E-state index in [1.165, 1.54) is 29.2 Å². The number of amides is 2. The lowest BCUT2D eigenvalue weighted by atomic mass is 10.0. The summed E-state index contributed by atoms with van der Waals surface area (Å²) in [5.74, 6) is -1.28. The van der Waals surface area contributed by atoms with E-state index in [0.717, 1.165) is 22.4 Å². The molecule has 0 aliphatic carbocycles. The number of anilines is 2. The van der Waals surface area contributed by atoms with Crippen molar-refractivity contribution in [2.45, 2.75) is 20.8 Å². The Balaban J connectivity index is 1.86.